The number of likely N-dealkylation sites (N-methyl/N-ethyl adjacent to an activating group) is 1. The van der Waals surface area contributed by atoms with Gasteiger partial charge in [-0.15, -0.1) is 11.3 Å². The van der Waals surface area contributed by atoms with Crippen molar-refractivity contribution >= 4 is 57.5 Å². The number of carbonyl (C=O) groups is 3. The van der Waals surface area contributed by atoms with Gasteiger partial charge in [0.2, 0.25) is 5.91 Å². The average molecular weight is 586 g/mol. The lowest BCUT2D eigenvalue weighted by Crippen LogP contribution is -2.45. The summed E-state index contributed by atoms with van der Waals surface area (Å²) in [6.07, 6.45) is 2.24. The fraction of sp³-hybridized carbons (Fsp3) is 0.385. The molecule has 0 radical (unpaired) electrons. The largest absolute Gasteiger partial charge is 0.370 e. The molecule has 3 heterocycles. The molecule has 3 aromatic rings. The molecule has 1 aliphatic rings. The van der Waals surface area contributed by atoms with Gasteiger partial charge in [-0.05, 0) is 56.0 Å². The van der Waals surface area contributed by atoms with Crippen molar-refractivity contribution in [1.29, 1.82) is 5.41 Å². The minimum atomic E-state index is -0.741. The quantitative estimate of drug-likeness (QED) is 0.0896. The van der Waals surface area contributed by atoms with Crippen LogP contribution in [-0.2, 0) is 4.79 Å². The number of carbonyl (C=O) groups excluding carboxylic acids is 3. The van der Waals surface area contributed by atoms with Gasteiger partial charge in [-0.2, -0.15) is 0 Å². The van der Waals surface area contributed by atoms with E-state index in [-0.39, 0.29) is 35.6 Å². The summed E-state index contributed by atoms with van der Waals surface area (Å²) >= 11 is 7.26. The third kappa shape index (κ3) is 7.03. The van der Waals surface area contributed by atoms with Crippen LogP contribution in [0.1, 0.15) is 57.6 Å². The van der Waals surface area contributed by atoms with Gasteiger partial charge in [-0.3, -0.25) is 19.8 Å². The Bertz CT molecular complexity index is 1420. The molecule has 2 aromatic heterocycles. The molecule has 3 atom stereocenters. The van der Waals surface area contributed by atoms with Gasteiger partial charge in [0.15, 0.2) is 5.96 Å². The normalized spacial score (nSPS) is 17.4. The van der Waals surface area contributed by atoms with Gasteiger partial charge < -0.3 is 32.3 Å². The fourth-order valence-corrected chi connectivity index (χ4v) is 5.72. The van der Waals surface area contributed by atoms with E-state index >= 15 is 0 Å². The molecule has 3 amide bonds. The highest BCUT2D eigenvalue weighted by atomic mass is 35.5. The Labute approximate surface area is 240 Å². The van der Waals surface area contributed by atoms with E-state index in [0.717, 1.165) is 5.39 Å². The number of aromatic nitrogens is 2. The number of hydrogen-bond acceptors (Lipinski definition) is 8. The minimum absolute atomic E-state index is 0.112. The number of thiazole rings is 1. The molecule has 8 N–H and O–H groups in total. The van der Waals surface area contributed by atoms with Crippen LogP contribution >= 0.6 is 22.9 Å². The van der Waals surface area contributed by atoms with Crippen LogP contribution < -0.4 is 27.4 Å². The molecule has 0 bridgehead atoms. The van der Waals surface area contributed by atoms with Gasteiger partial charge in [0.05, 0.1) is 11.6 Å². The average Bonchev–Trinajstić information content (AvgIpc) is 3.58. The first-order chi connectivity index (χ1) is 19.2. The van der Waals surface area contributed by atoms with E-state index in [2.05, 4.69) is 25.9 Å². The fourth-order valence-electron chi connectivity index (χ4n) is 4.64. The van der Waals surface area contributed by atoms with E-state index in [9.17, 15) is 14.4 Å². The summed E-state index contributed by atoms with van der Waals surface area (Å²) in [6.45, 7) is 0.862. The molecule has 14 heteroatoms. The van der Waals surface area contributed by atoms with Gasteiger partial charge >= 0.3 is 0 Å². The van der Waals surface area contributed by atoms with Crippen LogP contribution in [0.15, 0.2) is 35.7 Å². The number of fused-ring (bicyclic) bond motifs is 1. The lowest BCUT2D eigenvalue weighted by Gasteiger charge is -2.23. The van der Waals surface area contributed by atoms with Crippen molar-refractivity contribution < 1.29 is 14.4 Å². The second kappa shape index (κ2) is 13.0. The lowest BCUT2D eigenvalue weighted by molar-refractivity contribution is -0.122. The first-order valence-corrected chi connectivity index (χ1v) is 14.1. The summed E-state index contributed by atoms with van der Waals surface area (Å²) in [5, 5.41) is 18.6. The predicted molar refractivity (Wildman–Crippen MR) is 154 cm³/mol. The van der Waals surface area contributed by atoms with E-state index in [1.165, 1.54) is 18.4 Å². The Balaban J connectivity index is 1.44. The van der Waals surface area contributed by atoms with Crippen molar-refractivity contribution in [2.24, 2.45) is 11.5 Å². The number of benzene rings is 1. The number of pyridine rings is 1. The number of halogens is 1. The Morgan fingerprint density at radius 3 is 2.77 bits per heavy atom. The van der Waals surface area contributed by atoms with Gasteiger partial charge in [-0.1, -0.05) is 11.6 Å². The molecular weight excluding hydrogens is 554 g/mol. The Hall–Kier alpha value is -3.81. The van der Waals surface area contributed by atoms with E-state index in [4.69, 9.17) is 28.5 Å². The monoisotopic (exact) mass is 585 g/mol. The van der Waals surface area contributed by atoms with Crippen LogP contribution in [0.5, 0.6) is 0 Å². The van der Waals surface area contributed by atoms with Crippen molar-refractivity contribution in [2.75, 3.05) is 20.1 Å². The number of nitrogens with two attached hydrogens (primary N) is 2. The second-order valence-corrected chi connectivity index (χ2v) is 10.8. The summed E-state index contributed by atoms with van der Waals surface area (Å²) < 4.78 is 0. The maximum Gasteiger partial charge on any atom is 0.271 e. The molecule has 40 heavy (non-hydrogen) atoms. The second-order valence-electron chi connectivity index (χ2n) is 9.56. The Morgan fingerprint density at radius 2 is 2.02 bits per heavy atom. The van der Waals surface area contributed by atoms with Crippen molar-refractivity contribution in [3.8, 4) is 0 Å². The number of amides is 3. The van der Waals surface area contributed by atoms with E-state index in [0.29, 0.717) is 60.0 Å². The predicted octanol–water partition coefficient (Wildman–Crippen LogP) is 1.76. The standard InChI is InChI=1S/C26H32ClN9O3S/c1-31-22(37)18(4-2-3-9-32-26(29)30)34-23(38)19-13-40-24(35-19)20-11-16(28)12-36(20)25(39)15-5-7-17-14(10-15)6-8-21(27)33-17/h5-8,10,13,16,18,20H,2-4,9,11-12,28H2,1H3,(H,31,37)(H,34,38)(H4,29,30,32)/t16-,18+,20+/m1/s1. The molecule has 0 saturated carbocycles. The van der Waals surface area contributed by atoms with Crippen molar-refractivity contribution in [2.45, 2.75) is 43.8 Å². The number of hydrogen-bond donors (Lipinski definition) is 6. The molecule has 1 fully saturated rings. The van der Waals surface area contributed by atoms with E-state index in [1.54, 1.807) is 34.5 Å². The number of rotatable bonds is 10. The van der Waals surface area contributed by atoms with Crippen LogP contribution in [0.4, 0.5) is 0 Å². The van der Waals surface area contributed by atoms with Gasteiger partial charge in [0.25, 0.3) is 11.8 Å². The van der Waals surface area contributed by atoms with Gasteiger partial charge in [0, 0.05) is 42.5 Å². The van der Waals surface area contributed by atoms with E-state index < -0.39 is 11.9 Å². The Morgan fingerprint density at radius 1 is 1.23 bits per heavy atom. The maximum atomic E-state index is 13.5. The topological polar surface area (TPSA) is 192 Å². The van der Waals surface area contributed by atoms with Crippen LogP contribution in [0.3, 0.4) is 0 Å². The zero-order valence-electron chi connectivity index (χ0n) is 21.9. The van der Waals surface area contributed by atoms with Crippen molar-refractivity contribution in [3.05, 3.63) is 57.1 Å². The number of nitrogens with zero attached hydrogens (tertiary/aromatic N) is 3. The third-order valence-corrected chi connectivity index (χ3v) is 7.80. The van der Waals surface area contributed by atoms with Crippen LogP contribution in [0, 0.1) is 5.41 Å². The molecule has 0 unspecified atom stereocenters. The molecule has 4 rings (SSSR count). The molecule has 0 spiro atoms. The molecule has 0 aliphatic carbocycles. The third-order valence-electron chi connectivity index (χ3n) is 6.64. The first-order valence-electron chi connectivity index (χ1n) is 12.8. The van der Waals surface area contributed by atoms with Gasteiger partial charge in [-0.25, -0.2) is 9.97 Å². The summed E-state index contributed by atoms with van der Waals surface area (Å²) in [7, 11) is 1.51. The maximum absolute atomic E-state index is 13.5. The summed E-state index contributed by atoms with van der Waals surface area (Å²) in [5.41, 5.74) is 12.9. The number of guanidine groups is 1. The van der Waals surface area contributed by atoms with Crippen molar-refractivity contribution in [1.82, 2.24) is 30.8 Å². The summed E-state index contributed by atoms with van der Waals surface area (Å²) in [4.78, 5) is 49.4. The molecule has 12 nitrogen and oxygen atoms in total. The number of nitrogens with one attached hydrogen (secondary N) is 4. The smallest absolute Gasteiger partial charge is 0.271 e. The number of likely N-dealkylation sites (tertiary alicyclic amines) is 1. The SMILES string of the molecule is CNC(=O)[C@H](CCCCNC(=N)N)NC(=O)c1csc([C@@H]2C[C@@H](N)CN2C(=O)c2ccc3nc(Cl)ccc3c2)n1. The first kappa shape index (κ1) is 29.2. The van der Waals surface area contributed by atoms with Crippen LogP contribution in [0.2, 0.25) is 5.15 Å². The highest BCUT2D eigenvalue weighted by Crippen LogP contribution is 2.35. The Kier molecular flexibility index (Phi) is 9.50. The molecule has 1 aliphatic heterocycles. The number of unbranched alkanes of at least 4 members (excludes halogenated alkanes) is 1. The summed E-state index contributed by atoms with van der Waals surface area (Å²) in [6, 6.07) is 7.39. The molecular formula is C26H32ClN9O3S. The van der Waals surface area contributed by atoms with E-state index in [1.807, 2.05) is 6.07 Å². The van der Waals surface area contributed by atoms with Crippen LogP contribution in [0.25, 0.3) is 10.9 Å². The highest BCUT2D eigenvalue weighted by molar-refractivity contribution is 7.09. The van der Waals surface area contributed by atoms with Crippen LogP contribution in [-0.4, -0.2) is 70.8 Å². The lowest BCUT2D eigenvalue weighted by atomic mass is 10.1. The molecule has 212 valence electrons. The zero-order chi connectivity index (χ0) is 28.8. The van der Waals surface area contributed by atoms with Gasteiger partial charge in [0.1, 0.15) is 21.9 Å². The molecule has 1 saturated heterocycles. The minimum Gasteiger partial charge on any atom is -0.370 e. The van der Waals surface area contributed by atoms with Crippen molar-refractivity contribution in [3.63, 3.8) is 0 Å². The molecule has 1 aromatic carbocycles. The highest BCUT2D eigenvalue weighted by Gasteiger charge is 2.37. The summed E-state index contributed by atoms with van der Waals surface area (Å²) in [5.74, 6) is -1.08. The zero-order valence-corrected chi connectivity index (χ0v) is 23.5.